The lowest BCUT2D eigenvalue weighted by molar-refractivity contribution is 0.215. The molecule has 1 saturated heterocycles. The monoisotopic (exact) mass is 394 g/mol. The van der Waals surface area contributed by atoms with Gasteiger partial charge in [0.25, 0.3) is 0 Å². The smallest absolute Gasteiger partial charge is 0.213 e. The van der Waals surface area contributed by atoms with E-state index in [1.165, 1.54) is 0 Å². The maximum absolute atomic E-state index is 9.95. The quantitative estimate of drug-likeness (QED) is 0.671. The fourth-order valence-electron chi connectivity index (χ4n) is 3.62. The Morgan fingerprint density at radius 3 is 2.79 bits per heavy atom. The molecule has 5 heteroatoms. The van der Waals surface area contributed by atoms with Gasteiger partial charge in [0.05, 0.1) is 13.2 Å². The van der Waals surface area contributed by atoms with E-state index < -0.39 is 0 Å². The van der Waals surface area contributed by atoms with Crippen LogP contribution in [0.1, 0.15) is 17.5 Å². The van der Waals surface area contributed by atoms with Crippen LogP contribution in [0.3, 0.4) is 0 Å². The van der Waals surface area contributed by atoms with Crippen molar-refractivity contribution in [2.45, 2.75) is 26.1 Å². The van der Waals surface area contributed by atoms with Gasteiger partial charge in [-0.15, -0.1) is 0 Å². The highest BCUT2D eigenvalue weighted by Crippen LogP contribution is 2.33. The molecule has 4 rings (SSSR count). The Kier molecular flexibility index (Phi) is 5.51. The molecule has 1 aliphatic rings. The molecule has 0 unspecified atom stereocenters. The molecule has 2 heterocycles. The summed E-state index contributed by atoms with van der Waals surface area (Å²) in [7, 11) is 0. The maximum atomic E-state index is 9.95. The van der Waals surface area contributed by atoms with Crippen LogP contribution < -0.4 is 9.64 Å². The van der Waals surface area contributed by atoms with Gasteiger partial charge in [-0.2, -0.15) is 0 Å². The summed E-state index contributed by atoms with van der Waals surface area (Å²) >= 11 is 6.33. The Balaban J connectivity index is 1.51. The lowest BCUT2D eigenvalue weighted by Gasteiger charge is -2.22. The van der Waals surface area contributed by atoms with Gasteiger partial charge >= 0.3 is 0 Å². The minimum atomic E-state index is -0.0187. The predicted molar refractivity (Wildman–Crippen MR) is 113 cm³/mol. The zero-order chi connectivity index (χ0) is 19.5. The third kappa shape index (κ3) is 3.98. The van der Waals surface area contributed by atoms with E-state index in [1.54, 1.807) is 0 Å². The summed E-state index contributed by atoms with van der Waals surface area (Å²) in [6.07, 6.45) is 2.83. The number of hydrogen-bond acceptors (Lipinski definition) is 4. The molecule has 144 valence electrons. The molecule has 0 amide bonds. The molecular formula is C23H23ClN2O2. The number of benzene rings is 2. The number of nitrogens with zero attached hydrogens (tertiary/aromatic N) is 2. The van der Waals surface area contributed by atoms with E-state index in [4.69, 9.17) is 16.3 Å². The van der Waals surface area contributed by atoms with Gasteiger partial charge in [0.15, 0.2) is 0 Å². The number of aromatic nitrogens is 1. The zero-order valence-corrected chi connectivity index (χ0v) is 16.6. The van der Waals surface area contributed by atoms with Crippen LogP contribution in [0.2, 0.25) is 5.02 Å². The Morgan fingerprint density at radius 2 is 2.04 bits per heavy atom. The third-order valence-corrected chi connectivity index (χ3v) is 5.42. The predicted octanol–water partition coefficient (Wildman–Crippen LogP) is 4.86. The number of anilines is 1. The van der Waals surface area contributed by atoms with Gasteiger partial charge in [-0.3, -0.25) is 0 Å². The second-order valence-corrected chi connectivity index (χ2v) is 7.54. The third-order valence-electron chi connectivity index (χ3n) is 5.09. The van der Waals surface area contributed by atoms with Crippen molar-refractivity contribution in [3.63, 3.8) is 0 Å². The maximum Gasteiger partial charge on any atom is 0.213 e. The molecule has 3 aromatic rings. The highest BCUT2D eigenvalue weighted by atomic mass is 35.5. The highest BCUT2D eigenvalue weighted by Gasteiger charge is 2.26. The van der Waals surface area contributed by atoms with Crippen molar-refractivity contribution in [3.8, 4) is 17.0 Å². The van der Waals surface area contributed by atoms with Crippen LogP contribution in [0.25, 0.3) is 11.1 Å². The van der Waals surface area contributed by atoms with Crippen LogP contribution in [0.4, 0.5) is 5.69 Å². The zero-order valence-electron chi connectivity index (χ0n) is 15.8. The first kappa shape index (κ1) is 18.8. The second kappa shape index (κ2) is 8.21. The van der Waals surface area contributed by atoms with Gasteiger partial charge < -0.3 is 14.7 Å². The number of aliphatic hydroxyl groups is 1. The van der Waals surface area contributed by atoms with Crippen molar-refractivity contribution in [2.24, 2.45) is 0 Å². The molecule has 0 aliphatic carbocycles. The molecule has 0 saturated carbocycles. The van der Waals surface area contributed by atoms with Crippen LogP contribution in [-0.2, 0) is 6.61 Å². The van der Waals surface area contributed by atoms with Gasteiger partial charge in [-0.25, -0.2) is 4.98 Å². The van der Waals surface area contributed by atoms with Crippen LogP contribution >= 0.6 is 11.6 Å². The van der Waals surface area contributed by atoms with E-state index in [0.717, 1.165) is 47.5 Å². The van der Waals surface area contributed by atoms with Crippen LogP contribution in [-0.4, -0.2) is 29.3 Å². The van der Waals surface area contributed by atoms with Crippen molar-refractivity contribution in [1.29, 1.82) is 0 Å². The van der Waals surface area contributed by atoms with E-state index in [9.17, 15) is 5.11 Å². The first-order chi connectivity index (χ1) is 13.6. The Labute approximate surface area is 170 Å². The summed E-state index contributed by atoms with van der Waals surface area (Å²) in [5.41, 5.74) is 5.03. The SMILES string of the molecule is Cc1ccc(O[C@H]2CCN(c3ccc(-c4ccccc4Cl)cc3CO)C2)nc1. The number of ether oxygens (including phenoxy) is 1. The van der Waals surface area contributed by atoms with Crippen molar-refractivity contribution in [3.05, 3.63) is 76.9 Å². The van der Waals surface area contributed by atoms with E-state index in [-0.39, 0.29) is 12.7 Å². The van der Waals surface area contributed by atoms with Crippen LogP contribution in [0.5, 0.6) is 5.88 Å². The molecule has 0 bridgehead atoms. The average Bonchev–Trinajstić information content (AvgIpc) is 3.18. The average molecular weight is 395 g/mol. The first-order valence-corrected chi connectivity index (χ1v) is 9.85. The lowest BCUT2D eigenvalue weighted by atomic mass is 10.0. The first-order valence-electron chi connectivity index (χ1n) is 9.47. The summed E-state index contributed by atoms with van der Waals surface area (Å²) in [6.45, 7) is 3.65. The van der Waals surface area contributed by atoms with Gasteiger partial charge in [0, 0.05) is 47.1 Å². The van der Waals surface area contributed by atoms with Gasteiger partial charge in [0.2, 0.25) is 5.88 Å². The number of aliphatic hydroxyl groups excluding tert-OH is 1. The van der Waals surface area contributed by atoms with Crippen molar-refractivity contribution in [2.75, 3.05) is 18.0 Å². The van der Waals surface area contributed by atoms with E-state index in [2.05, 4.69) is 22.0 Å². The largest absolute Gasteiger partial charge is 0.472 e. The number of halogens is 1. The standard InChI is InChI=1S/C23H23ClN2O2/c1-16-6-9-23(25-13-16)28-19-10-11-26(14-19)22-8-7-17(12-18(22)15-27)20-4-2-3-5-21(20)24/h2-9,12-13,19,27H,10-11,14-15H2,1H3/t19-/m0/s1. The summed E-state index contributed by atoms with van der Waals surface area (Å²) in [5.74, 6) is 0.661. The number of pyridine rings is 1. The van der Waals surface area contributed by atoms with E-state index >= 15 is 0 Å². The number of rotatable bonds is 5. The van der Waals surface area contributed by atoms with Crippen molar-refractivity contribution in [1.82, 2.24) is 4.98 Å². The fourth-order valence-corrected chi connectivity index (χ4v) is 3.87. The topological polar surface area (TPSA) is 45.6 Å². The minimum absolute atomic E-state index is 0.0187. The molecule has 0 radical (unpaired) electrons. The lowest BCUT2D eigenvalue weighted by Crippen LogP contribution is -2.25. The normalized spacial score (nSPS) is 16.4. The molecule has 1 aromatic heterocycles. The molecule has 0 spiro atoms. The molecule has 28 heavy (non-hydrogen) atoms. The summed E-state index contributed by atoms with van der Waals surface area (Å²) in [5, 5.41) is 10.7. The van der Waals surface area contributed by atoms with Crippen LogP contribution in [0, 0.1) is 6.92 Å². The number of aryl methyl sites for hydroxylation is 1. The van der Waals surface area contributed by atoms with Crippen molar-refractivity contribution < 1.29 is 9.84 Å². The Hall–Kier alpha value is -2.56. The van der Waals surface area contributed by atoms with Gasteiger partial charge in [-0.05, 0) is 36.2 Å². The molecular weight excluding hydrogens is 372 g/mol. The second-order valence-electron chi connectivity index (χ2n) is 7.13. The highest BCUT2D eigenvalue weighted by molar-refractivity contribution is 6.33. The summed E-state index contributed by atoms with van der Waals surface area (Å²) < 4.78 is 6.03. The molecule has 4 nitrogen and oxygen atoms in total. The molecule has 2 aromatic carbocycles. The van der Waals surface area contributed by atoms with Gasteiger partial charge in [-0.1, -0.05) is 41.9 Å². The van der Waals surface area contributed by atoms with E-state index in [0.29, 0.717) is 10.9 Å². The van der Waals surface area contributed by atoms with Crippen molar-refractivity contribution >= 4 is 17.3 Å². The molecule has 1 fully saturated rings. The Morgan fingerprint density at radius 1 is 1.18 bits per heavy atom. The minimum Gasteiger partial charge on any atom is -0.472 e. The van der Waals surface area contributed by atoms with E-state index in [1.807, 2.05) is 55.6 Å². The Bertz CT molecular complexity index is 959. The number of hydrogen-bond donors (Lipinski definition) is 1. The summed E-state index contributed by atoms with van der Waals surface area (Å²) in [4.78, 5) is 6.60. The molecule has 1 N–H and O–H groups in total. The molecule has 1 atom stereocenters. The summed E-state index contributed by atoms with van der Waals surface area (Å²) in [6, 6.07) is 17.8. The molecule has 1 aliphatic heterocycles. The van der Waals surface area contributed by atoms with Crippen LogP contribution in [0.15, 0.2) is 60.8 Å². The fraction of sp³-hybridized carbons (Fsp3) is 0.261. The van der Waals surface area contributed by atoms with Gasteiger partial charge in [0.1, 0.15) is 6.10 Å².